The number of unbranched alkanes of at least 4 members (excludes halogenated alkanes) is 2. The fourth-order valence-corrected chi connectivity index (χ4v) is 1.89. The third kappa shape index (κ3) is 5.07. The fourth-order valence-electron chi connectivity index (χ4n) is 1.77. The van der Waals surface area contributed by atoms with E-state index in [-0.39, 0.29) is 12.1 Å². The molecule has 1 aromatic carbocycles. The van der Waals surface area contributed by atoms with Crippen LogP contribution in [-0.2, 0) is 4.74 Å². The molecule has 0 saturated carbocycles. The number of ether oxygens (including phenoxy) is 1. The van der Waals surface area contributed by atoms with E-state index in [9.17, 15) is 0 Å². The summed E-state index contributed by atoms with van der Waals surface area (Å²) in [4.78, 5) is 0. The Bertz CT molecular complexity index is 311. The van der Waals surface area contributed by atoms with Gasteiger partial charge in [-0.2, -0.15) is 0 Å². The van der Waals surface area contributed by atoms with Gasteiger partial charge in [-0.1, -0.05) is 43.5 Å². The van der Waals surface area contributed by atoms with Gasteiger partial charge in [-0.05, 0) is 31.0 Å². The summed E-state index contributed by atoms with van der Waals surface area (Å²) in [6.45, 7) is 4.92. The maximum Gasteiger partial charge on any atom is 0.0972 e. The van der Waals surface area contributed by atoms with Gasteiger partial charge in [-0.25, -0.2) is 0 Å². The van der Waals surface area contributed by atoms with Gasteiger partial charge < -0.3 is 10.5 Å². The Morgan fingerprint density at radius 3 is 2.41 bits per heavy atom. The van der Waals surface area contributed by atoms with Crippen molar-refractivity contribution >= 4 is 11.6 Å². The molecule has 0 aliphatic heterocycles. The van der Waals surface area contributed by atoms with Crippen molar-refractivity contribution in [1.29, 1.82) is 0 Å². The molecule has 2 atom stereocenters. The van der Waals surface area contributed by atoms with Gasteiger partial charge in [0.05, 0.1) is 6.10 Å². The van der Waals surface area contributed by atoms with Crippen molar-refractivity contribution in [2.45, 2.75) is 45.3 Å². The quantitative estimate of drug-likeness (QED) is 0.749. The highest BCUT2D eigenvalue weighted by Crippen LogP contribution is 2.22. The van der Waals surface area contributed by atoms with Crippen LogP contribution in [0.15, 0.2) is 24.3 Å². The maximum atomic E-state index is 5.96. The van der Waals surface area contributed by atoms with E-state index in [0.717, 1.165) is 23.6 Å². The third-order valence-corrected chi connectivity index (χ3v) is 2.97. The van der Waals surface area contributed by atoms with E-state index in [1.165, 1.54) is 12.8 Å². The van der Waals surface area contributed by atoms with Crippen LogP contribution in [-0.4, -0.2) is 12.6 Å². The van der Waals surface area contributed by atoms with E-state index in [4.69, 9.17) is 22.1 Å². The zero-order valence-corrected chi connectivity index (χ0v) is 11.4. The topological polar surface area (TPSA) is 35.2 Å². The standard InChI is InChI=1S/C14H22ClNO/c1-3-4-5-10-17-14(11(2)16)12-6-8-13(15)9-7-12/h6-9,11,14H,3-5,10,16H2,1-2H3. The van der Waals surface area contributed by atoms with E-state index in [1.54, 1.807) is 0 Å². The molecular weight excluding hydrogens is 234 g/mol. The highest BCUT2D eigenvalue weighted by molar-refractivity contribution is 6.30. The molecule has 17 heavy (non-hydrogen) atoms. The average molecular weight is 256 g/mol. The lowest BCUT2D eigenvalue weighted by Gasteiger charge is -2.22. The van der Waals surface area contributed by atoms with Crippen molar-refractivity contribution in [2.75, 3.05) is 6.61 Å². The van der Waals surface area contributed by atoms with Crippen molar-refractivity contribution in [3.8, 4) is 0 Å². The molecule has 0 aromatic heterocycles. The van der Waals surface area contributed by atoms with Crippen molar-refractivity contribution in [3.05, 3.63) is 34.9 Å². The summed E-state index contributed by atoms with van der Waals surface area (Å²) in [5, 5.41) is 0.739. The van der Waals surface area contributed by atoms with E-state index < -0.39 is 0 Å². The van der Waals surface area contributed by atoms with Gasteiger partial charge in [0.1, 0.15) is 0 Å². The molecule has 0 amide bonds. The van der Waals surface area contributed by atoms with Gasteiger partial charge in [0.25, 0.3) is 0 Å². The second kappa shape index (κ2) is 7.70. The Kier molecular flexibility index (Phi) is 6.56. The number of benzene rings is 1. The number of halogens is 1. The molecule has 2 unspecified atom stereocenters. The molecule has 1 aromatic rings. The Labute approximate surface area is 109 Å². The molecule has 0 heterocycles. The maximum absolute atomic E-state index is 5.96. The minimum absolute atomic E-state index is 0.0159. The lowest BCUT2D eigenvalue weighted by atomic mass is 10.0. The molecule has 0 saturated heterocycles. The number of hydrogen-bond acceptors (Lipinski definition) is 2. The summed E-state index contributed by atoms with van der Waals surface area (Å²) in [6, 6.07) is 7.70. The number of hydrogen-bond donors (Lipinski definition) is 1. The van der Waals surface area contributed by atoms with Gasteiger partial charge in [0.2, 0.25) is 0 Å². The second-order valence-corrected chi connectivity index (χ2v) is 4.85. The minimum Gasteiger partial charge on any atom is -0.372 e. The first-order valence-corrected chi connectivity index (χ1v) is 6.65. The molecule has 0 spiro atoms. The Morgan fingerprint density at radius 2 is 1.88 bits per heavy atom. The number of rotatable bonds is 7. The summed E-state index contributed by atoms with van der Waals surface area (Å²) in [5.74, 6) is 0. The SMILES string of the molecule is CCCCCOC(c1ccc(Cl)cc1)C(C)N. The lowest BCUT2D eigenvalue weighted by Crippen LogP contribution is -2.27. The van der Waals surface area contributed by atoms with Gasteiger partial charge in [0, 0.05) is 17.7 Å². The Balaban J connectivity index is 2.56. The smallest absolute Gasteiger partial charge is 0.0972 e. The van der Waals surface area contributed by atoms with Gasteiger partial charge >= 0.3 is 0 Å². The van der Waals surface area contributed by atoms with Gasteiger partial charge in [-0.15, -0.1) is 0 Å². The van der Waals surface area contributed by atoms with Crippen molar-refractivity contribution < 1.29 is 4.74 Å². The van der Waals surface area contributed by atoms with Crippen LogP contribution in [0.2, 0.25) is 5.02 Å². The van der Waals surface area contributed by atoms with E-state index in [2.05, 4.69) is 6.92 Å². The van der Waals surface area contributed by atoms with Gasteiger partial charge in [-0.3, -0.25) is 0 Å². The first kappa shape index (κ1) is 14.5. The van der Waals surface area contributed by atoms with Crippen LogP contribution in [0, 0.1) is 0 Å². The summed E-state index contributed by atoms with van der Waals surface area (Å²) in [5.41, 5.74) is 7.06. The van der Waals surface area contributed by atoms with Crippen molar-refractivity contribution in [3.63, 3.8) is 0 Å². The Morgan fingerprint density at radius 1 is 1.24 bits per heavy atom. The molecule has 0 bridgehead atoms. The molecular formula is C14H22ClNO. The molecule has 0 fully saturated rings. The largest absolute Gasteiger partial charge is 0.372 e. The van der Waals surface area contributed by atoms with Crippen molar-refractivity contribution in [1.82, 2.24) is 0 Å². The molecule has 0 aliphatic carbocycles. The van der Waals surface area contributed by atoms with Crippen molar-refractivity contribution in [2.24, 2.45) is 5.73 Å². The highest BCUT2D eigenvalue weighted by atomic mass is 35.5. The van der Waals surface area contributed by atoms with Crippen LogP contribution in [0.1, 0.15) is 44.8 Å². The van der Waals surface area contributed by atoms with Crippen LogP contribution in [0.3, 0.4) is 0 Å². The van der Waals surface area contributed by atoms with E-state index >= 15 is 0 Å². The third-order valence-electron chi connectivity index (χ3n) is 2.72. The molecule has 2 nitrogen and oxygen atoms in total. The Hall–Kier alpha value is -0.570. The molecule has 96 valence electrons. The summed E-state index contributed by atoms with van der Waals surface area (Å²) in [7, 11) is 0. The minimum atomic E-state index is -0.0378. The monoisotopic (exact) mass is 255 g/mol. The molecule has 3 heteroatoms. The first-order valence-electron chi connectivity index (χ1n) is 6.27. The molecule has 0 radical (unpaired) electrons. The first-order chi connectivity index (χ1) is 8.15. The zero-order valence-electron chi connectivity index (χ0n) is 10.7. The van der Waals surface area contributed by atoms with Crippen LogP contribution < -0.4 is 5.73 Å². The van der Waals surface area contributed by atoms with Gasteiger partial charge in [0.15, 0.2) is 0 Å². The predicted octanol–water partition coefficient (Wildman–Crippen LogP) is 3.94. The highest BCUT2D eigenvalue weighted by Gasteiger charge is 2.16. The zero-order chi connectivity index (χ0) is 12.7. The molecule has 2 N–H and O–H groups in total. The van der Waals surface area contributed by atoms with Crippen LogP contribution in [0.5, 0.6) is 0 Å². The fraction of sp³-hybridized carbons (Fsp3) is 0.571. The summed E-state index contributed by atoms with van der Waals surface area (Å²) >= 11 is 5.87. The molecule has 1 rings (SSSR count). The van der Waals surface area contributed by atoms with Crippen LogP contribution >= 0.6 is 11.6 Å². The number of nitrogens with two attached hydrogens (primary N) is 1. The average Bonchev–Trinajstić information content (AvgIpc) is 2.30. The van der Waals surface area contributed by atoms with Crippen LogP contribution in [0.4, 0.5) is 0 Å². The van der Waals surface area contributed by atoms with Crippen LogP contribution in [0.25, 0.3) is 0 Å². The van der Waals surface area contributed by atoms with E-state index in [1.807, 2.05) is 31.2 Å². The normalized spacial score (nSPS) is 14.6. The lowest BCUT2D eigenvalue weighted by molar-refractivity contribution is 0.0360. The second-order valence-electron chi connectivity index (χ2n) is 4.41. The summed E-state index contributed by atoms with van der Waals surface area (Å²) in [6.07, 6.45) is 3.45. The predicted molar refractivity (Wildman–Crippen MR) is 73.3 cm³/mol. The molecule has 0 aliphatic rings. The summed E-state index contributed by atoms with van der Waals surface area (Å²) < 4.78 is 5.86. The van der Waals surface area contributed by atoms with E-state index in [0.29, 0.717) is 0 Å².